The van der Waals surface area contributed by atoms with Crippen LogP contribution in [-0.4, -0.2) is 30.8 Å². The van der Waals surface area contributed by atoms with Crippen molar-refractivity contribution < 1.29 is 9.59 Å². The summed E-state index contributed by atoms with van der Waals surface area (Å²) < 4.78 is 0. The zero-order valence-corrected chi connectivity index (χ0v) is 21.3. The van der Waals surface area contributed by atoms with Crippen LogP contribution in [0.3, 0.4) is 0 Å². The van der Waals surface area contributed by atoms with E-state index in [0.29, 0.717) is 17.1 Å². The molecule has 182 valence electrons. The second-order valence-corrected chi connectivity index (χ2v) is 9.76. The highest BCUT2D eigenvalue weighted by Gasteiger charge is 2.27. The molecule has 1 aliphatic carbocycles. The van der Waals surface area contributed by atoms with Crippen LogP contribution < -0.4 is 10.2 Å². The number of hydrogen-bond acceptors (Lipinski definition) is 3. The van der Waals surface area contributed by atoms with Gasteiger partial charge in [0.2, 0.25) is 5.91 Å². The van der Waals surface area contributed by atoms with Gasteiger partial charge < -0.3 is 15.1 Å². The Hall–Kier alpha value is -3.31. The molecule has 3 aromatic rings. The van der Waals surface area contributed by atoms with Crippen LogP contribution in [0.25, 0.3) is 0 Å². The molecular weight excluding hydrogens is 458 g/mol. The topological polar surface area (TPSA) is 52.7 Å². The number of nitrogens with zero attached hydrogens (tertiary/aromatic N) is 2. The number of anilines is 2. The number of nitrogens with one attached hydrogen (secondary N) is 1. The number of benzene rings is 3. The molecule has 3 aromatic carbocycles. The molecule has 0 radical (unpaired) electrons. The Morgan fingerprint density at radius 3 is 2.31 bits per heavy atom. The molecule has 1 aliphatic rings. The van der Waals surface area contributed by atoms with Crippen molar-refractivity contribution in [3.63, 3.8) is 0 Å². The summed E-state index contributed by atoms with van der Waals surface area (Å²) in [6.07, 6.45) is 3.01. The molecule has 6 heteroatoms. The van der Waals surface area contributed by atoms with E-state index in [0.717, 1.165) is 41.8 Å². The highest BCUT2D eigenvalue weighted by Crippen LogP contribution is 2.32. The summed E-state index contributed by atoms with van der Waals surface area (Å²) in [5.41, 5.74) is 4.19. The molecule has 35 heavy (non-hydrogen) atoms. The highest BCUT2D eigenvalue weighted by atomic mass is 35.5. The summed E-state index contributed by atoms with van der Waals surface area (Å²) in [6, 6.07) is 22.8. The van der Waals surface area contributed by atoms with Crippen molar-refractivity contribution in [1.82, 2.24) is 4.90 Å². The van der Waals surface area contributed by atoms with Gasteiger partial charge in [-0.3, -0.25) is 9.59 Å². The average Bonchev–Trinajstić information content (AvgIpc) is 2.81. The summed E-state index contributed by atoms with van der Waals surface area (Å²) in [7, 11) is 3.96. The largest absolute Gasteiger partial charge is 0.377 e. The van der Waals surface area contributed by atoms with E-state index in [2.05, 4.69) is 5.32 Å². The lowest BCUT2D eigenvalue weighted by atomic mass is 9.85. The zero-order chi connectivity index (χ0) is 24.9. The summed E-state index contributed by atoms with van der Waals surface area (Å²) in [5, 5.41) is 3.50. The Balaban J connectivity index is 1.70. The van der Waals surface area contributed by atoms with Crippen LogP contribution >= 0.6 is 11.6 Å². The van der Waals surface area contributed by atoms with Crippen LogP contribution in [0.15, 0.2) is 72.8 Å². The number of amides is 2. The molecule has 0 heterocycles. The molecule has 0 spiro atoms. The summed E-state index contributed by atoms with van der Waals surface area (Å²) in [4.78, 5) is 30.3. The highest BCUT2D eigenvalue weighted by molar-refractivity contribution is 6.33. The lowest BCUT2D eigenvalue weighted by molar-refractivity contribution is -0.122. The summed E-state index contributed by atoms with van der Waals surface area (Å²) in [6.45, 7) is 2.39. The first kappa shape index (κ1) is 24.8. The van der Waals surface area contributed by atoms with E-state index < -0.39 is 0 Å². The van der Waals surface area contributed by atoms with E-state index in [9.17, 15) is 9.59 Å². The monoisotopic (exact) mass is 489 g/mol. The smallest absolute Gasteiger partial charge is 0.256 e. The number of rotatable bonds is 8. The van der Waals surface area contributed by atoms with Gasteiger partial charge in [0.25, 0.3) is 5.91 Å². The second kappa shape index (κ2) is 11.0. The van der Waals surface area contributed by atoms with Gasteiger partial charge in [0.15, 0.2) is 0 Å². The first-order valence-electron chi connectivity index (χ1n) is 12.1. The minimum absolute atomic E-state index is 0.0708. The standard InChI is InChI=1S/C29H32ClN3O2/c1-20(21-10-5-4-6-11-21)33(29(35)25-14-7-8-15-26(25)30)19-23-18-24(16-17-27(23)32(2)3)31-28(34)22-12-9-13-22/h4-8,10-11,14-18,20,22H,9,12-13,19H2,1-3H3,(H,31,34)/t20-/m0/s1. The van der Waals surface area contributed by atoms with Crippen LogP contribution in [0.5, 0.6) is 0 Å². The maximum absolute atomic E-state index is 13.8. The molecule has 1 N–H and O–H groups in total. The SMILES string of the molecule is C[C@@H](c1ccccc1)N(Cc1cc(NC(=O)C2CCC2)ccc1N(C)C)C(=O)c1ccccc1Cl. The van der Waals surface area contributed by atoms with Gasteiger partial charge in [0, 0.05) is 37.9 Å². The second-order valence-electron chi connectivity index (χ2n) is 9.35. The van der Waals surface area contributed by atoms with Crippen molar-refractivity contribution in [1.29, 1.82) is 0 Å². The lowest BCUT2D eigenvalue weighted by Crippen LogP contribution is -2.34. The van der Waals surface area contributed by atoms with Crippen LogP contribution in [0.4, 0.5) is 11.4 Å². The Bertz CT molecular complexity index is 1190. The molecule has 0 saturated heterocycles. The molecule has 0 unspecified atom stereocenters. The fourth-order valence-electron chi connectivity index (χ4n) is 4.41. The predicted octanol–water partition coefficient (Wildman–Crippen LogP) is 6.55. The van der Waals surface area contributed by atoms with Gasteiger partial charge >= 0.3 is 0 Å². The molecule has 0 bridgehead atoms. The lowest BCUT2D eigenvalue weighted by Gasteiger charge is -2.32. The number of hydrogen-bond donors (Lipinski definition) is 1. The van der Waals surface area contributed by atoms with Gasteiger partial charge in [-0.05, 0) is 61.2 Å². The normalized spacial score (nSPS) is 14.1. The average molecular weight is 490 g/mol. The van der Waals surface area contributed by atoms with Gasteiger partial charge in [0.1, 0.15) is 0 Å². The van der Waals surface area contributed by atoms with Gasteiger partial charge in [0.05, 0.1) is 16.6 Å². The fraction of sp³-hybridized carbons (Fsp3) is 0.310. The molecular formula is C29H32ClN3O2. The number of carbonyl (C=O) groups is 2. The van der Waals surface area contributed by atoms with Crippen molar-refractivity contribution in [3.8, 4) is 0 Å². The fourth-order valence-corrected chi connectivity index (χ4v) is 4.63. The summed E-state index contributed by atoms with van der Waals surface area (Å²) >= 11 is 6.43. The molecule has 1 saturated carbocycles. The third-order valence-corrected chi connectivity index (χ3v) is 7.09. The van der Waals surface area contributed by atoms with Crippen molar-refractivity contribution >= 4 is 34.8 Å². The third-order valence-electron chi connectivity index (χ3n) is 6.76. The van der Waals surface area contributed by atoms with Crippen molar-refractivity contribution in [2.45, 2.75) is 38.8 Å². The molecule has 5 nitrogen and oxygen atoms in total. The first-order valence-corrected chi connectivity index (χ1v) is 12.4. The van der Waals surface area contributed by atoms with E-state index >= 15 is 0 Å². The Labute approximate surface area is 212 Å². The molecule has 1 atom stereocenters. The Morgan fingerprint density at radius 2 is 1.69 bits per heavy atom. The molecule has 4 rings (SSSR count). The van der Waals surface area contributed by atoms with Crippen LogP contribution in [0.1, 0.15) is 53.7 Å². The predicted molar refractivity (Wildman–Crippen MR) is 143 cm³/mol. The maximum Gasteiger partial charge on any atom is 0.256 e. The van der Waals surface area contributed by atoms with Gasteiger partial charge in [-0.2, -0.15) is 0 Å². The maximum atomic E-state index is 13.8. The zero-order valence-electron chi connectivity index (χ0n) is 20.5. The minimum Gasteiger partial charge on any atom is -0.377 e. The van der Waals surface area contributed by atoms with Crippen molar-refractivity contribution in [3.05, 3.63) is 94.5 Å². The van der Waals surface area contributed by atoms with E-state index in [1.807, 2.05) is 91.5 Å². The molecule has 1 fully saturated rings. The van der Waals surface area contributed by atoms with E-state index in [-0.39, 0.29) is 23.8 Å². The quantitative estimate of drug-likeness (QED) is 0.390. The van der Waals surface area contributed by atoms with E-state index in [1.54, 1.807) is 12.1 Å². The van der Waals surface area contributed by atoms with Crippen molar-refractivity contribution in [2.24, 2.45) is 5.92 Å². The van der Waals surface area contributed by atoms with Crippen LogP contribution in [0.2, 0.25) is 5.02 Å². The van der Waals surface area contributed by atoms with Crippen LogP contribution in [-0.2, 0) is 11.3 Å². The minimum atomic E-state index is -0.191. The van der Waals surface area contributed by atoms with Crippen LogP contribution in [0, 0.1) is 5.92 Å². The van der Waals surface area contributed by atoms with Gasteiger partial charge in [-0.1, -0.05) is 60.5 Å². The van der Waals surface area contributed by atoms with E-state index in [1.165, 1.54) is 0 Å². The first-order chi connectivity index (χ1) is 16.8. The number of carbonyl (C=O) groups excluding carboxylic acids is 2. The van der Waals surface area contributed by atoms with Gasteiger partial charge in [-0.15, -0.1) is 0 Å². The molecule has 2 amide bonds. The number of halogens is 1. The molecule has 0 aromatic heterocycles. The van der Waals surface area contributed by atoms with Crippen molar-refractivity contribution in [2.75, 3.05) is 24.3 Å². The summed E-state index contributed by atoms with van der Waals surface area (Å²) in [5.74, 6) is 0.0328. The van der Waals surface area contributed by atoms with E-state index in [4.69, 9.17) is 11.6 Å². The molecule has 0 aliphatic heterocycles. The Morgan fingerprint density at radius 1 is 1.00 bits per heavy atom. The van der Waals surface area contributed by atoms with Gasteiger partial charge in [-0.25, -0.2) is 0 Å². The third kappa shape index (κ3) is 5.68. The Kier molecular flexibility index (Phi) is 7.76.